The van der Waals surface area contributed by atoms with E-state index in [1.807, 2.05) is 30.0 Å². The zero-order valence-corrected chi connectivity index (χ0v) is 11.5. The van der Waals surface area contributed by atoms with Crippen LogP contribution in [0.15, 0.2) is 24.3 Å². The zero-order valence-electron chi connectivity index (χ0n) is 11.5. The van der Waals surface area contributed by atoms with Crippen LogP contribution in [0.3, 0.4) is 0 Å². The average Bonchev–Trinajstić information content (AvgIpc) is 2.47. The molecule has 2 aromatic rings. The highest BCUT2D eigenvalue weighted by Crippen LogP contribution is 2.23. The van der Waals surface area contributed by atoms with Crippen LogP contribution in [-0.4, -0.2) is 47.8 Å². The lowest BCUT2D eigenvalue weighted by atomic mass is 10.2. The van der Waals surface area contributed by atoms with Crippen molar-refractivity contribution in [2.24, 2.45) is 0 Å². The normalized spacial score (nSPS) is 10.7. The fraction of sp³-hybridized carbons (Fsp3) is 0.357. The Labute approximate surface area is 117 Å². The number of likely N-dealkylation sites (N-methyl/N-ethyl adjacent to an activating group) is 1. The van der Waals surface area contributed by atoms with Gasteiger partial charge in [-0.2, -0.15) is 0 Å². The highest BCUT2D eigenvalue weighted by molar-refractivity contribution is 5.93. The van der Waals surface area contributed by atoms with E-state index in [0.29, 0.717) is 31.0 Å². The number of carbonyl (C=O) groups is 1. The Morgan fingerprint density at radius 1 is 1.35 bits per heavy atom. The molecule has 2 rings (SSSR count). The molecule has 0 aliphatic rings. The summed E-state index contributed by atoms with van der Waals surface area (Å²) in [6.07, 6.45) is 0. The Bertz CT molecular complexity index is 616. The molecule has 20 heavy (non-hydrogen) atoms. The number of para-hydroxylation sites is 1. The first-order valence-corrected chi connectivity index (χ1v) is 6.41. The second-order valence-corrected chi connectivity index (χ2v) is 4.27. The predicted molar refractivity (Wildman–Crippen MR) is 76.3 cm³/mol. The standard InChI is InChI=1S/C14H17N3O3/c1-3-17(8-9-20-2)13-10-6-4-5-7-11(10)15-12(16-13)14(18)19/h4-7H,3,8-9H2,1-2H3,(H,18,19). The van der Waals surface area contributed by atoms with Crippen molar-refractivity contribution >= 4 is 22.7 Å². The molecule has 0 amide bonds. The SMILES string of the molecule is CCN(CCOC)c1nc(C(=O)O)nc2ccccc12. The molecule has 0 fully saturated rings. The van der Waals surface area contributed by atoms with Crippen molar-refractivity contribution in [1.29, 1.82) is 0 Å². The summed E-state index contributed by atoms with van der Waals surface area (Å²) in [5, 5.41) is 9.97. The van der Waals surface area contributed by atoms with Gasteiger partial charge in [-0.15, -0.1) is 0 Å². The molecule has 0 saturated heterocycles. The number of nitrogens with zero attached hydrogens (tertiary/aromatic N) is 3. The van der Waals surface area contributed by atoms with Gasteiger partial charge in [0.05, 0.1) is 12.1 Å². The van der Waals surface area contributed by atoms with E-state index in [1.54, 1.807) is 13.2 Å². The largest absolute Gasteiger partial charge is 0.475 e. The second-order valence-electron chi connectivity index (χ2n) is 4.27. The maximum absolute atomic E-state index is 11.2. The number of methoxy groups -OCH3 is 1. The Balaban J connectivity index is 2.56. The van der Waals surface area contributed by atoms with Crippen molar-refractivity contribution in [3.63, 3.8) is 0 Å². The minimum Gasteiger partial charge on any atom is -0.475 e. The van der Waals surface area contributed by atoms with E-state index in [1.165, 1.54) is 0 Å². The Morgan fingerprint density at radius 3 is 2.75 bits per heavy atom. The number of aromatic nitrogens is 2. The number of hydrogen-bond donors (Lipinski definition) is 1. The van der Waals surface area contributed by atoms with Gasteiger partial charge in [-0.3, -0.25) is 0 Å². The summed E-state index contributed by atoms with van der Waals surface area (Å²) >= 11 is 0. The summed E-state index contributed by atoms with van der Waals surface area (Å²) in [6, 6.07) is 7.40. The van der Waals surface area contributed by atoms with E-state index in [0.717, 1.165) is 5.39 Å². The average molecular weight is 275 g/mol. The summed E-state index contributed by atoms with van der Waals surface area (Å²) in [5.74, 6) is -0.679. The molecule has 0 atom stereocenters. The van der Waals surface area contributed by atoms with Crippen LogP contribution in [0, 0.1) is 0 Å². The van der Waals surface area contributed by atoms with E-state index in [-0.39, 0.29) is 5.82 Å². The van der Waals surface area contributed by atoms with E-state index >= 15 is 0 Å². The third-order valence-corrected chi connectivity index (χ3v) is 3.02. The van der Waals surface area contributed by atoms with Crippen LogP contribution in [0.1, 0.15) is 17.5 Å². The molecule has 0 radical (unpaired) electrons. The molecule has 1 heterocycles. The Kier molecular flexibility index (Phi) is 4.47. The molecular weight excluding hydrogens is 258 g/mol. The molecule has 0 bridgehead atoms. The van der Waals surface area contributed by atoms with Crippen molar-refractivity contribution in [2.75, 3.05) is 31.7 Å². The summed E-state index contributed by atoms with van der Waals surface area (Å²) in [6.45, 7) is 3.90. The van der Waals surface area contributed by atoms with E-state index < -0.39 is 5.97 Å². The zero-order chi connectivity index (χ0) is 14.5. The van der Waals surface area contributed by atoms with E-state index in [4.69, 9.17) is 9.84 Å². The first-order chi connectivity index (χ1) is 9.67. The number of aromatic carboxylic acids is 1. The lowest BCUT2D eigenvalue weighted by molar-refractivity contribution is 0.0684. The maximum atomic E-state index is 11.2. The molecule has 0 spiro atoms. The number of anilines is 1. The van der Waals surface area contributed by atoms with Gasteiger partial charge in [0, 0.05) is 25.6 Å². The number of hydrogen-bond acceptors (Lipinski definition) is 5. The Morgan fingerprint density at radius 2 is 2.10 bits per heavy atom. The molecule has 6 nitrogen and oxygen atoms in total. The molecule has 0 aliphatic carbocycles. The first-order valence-electron chi connectivity index (χ1n) is 6.41. The predicted octanol–water partition coefficient (Wildman–Crippen LogP) is 1.80. The van der Waals surface area contributed by atoms with Gasteiger partial charge >= 0.3 is 5.97 Å². The molecule has 1 aromatic carbocycles. The summed E-state index contributed by atoms with van der Waals surface area (Å²) in [5.41, 5.74) is 0.630. The van der Waals surface area contributed by atoms with Crippen LogP contribution in [0.2, 0.25) is 0 Å². The van der Waals surface area contributed by atoms with Gasteiger partial charge in [-0.1, -0.05) is 12.1 Å². The van der Waals surface area contributed by atoms with Crippen molar-refractivity contribution < 1.29 is 14.6 Å². The summed E-state index contributed by atoms with van der Waals surface area (Å²) in [4.78, 5) is 21.4. The second kappa shape index (κ2) is 6.29. The fourth-order valence-electron chi connectivity index (χ4n) is 2.01. The summed E-state index contributed by atoms with van der Waals surface area (Å²) < 4.78 is 5.08. The van der Waals surface area contributed by atoms with Gasteiger partial charge in [0.25, 0.3) is 0 Å². The molecule has 106 valence electrons. The third kappa shape index (κ3) is 2.85. The molecule has 1 aromatic heterocycles. The molecule has 0 aliphatic heterocycles. The van der Waals surface area contributed by atoms with Gasteiger partial charge in [0.1, 0.15) is 5.82 Å². The van der Waals surface area contributed by atoms with Gasteiger partial charge in [-0.25, -0.2) is 14.8 Å². The quantitative estimate of drug-likeness (QED) is 0.866. The van der Waals surface area contributed by atoms with Crippen LogP contribution in [0.25, 0.3) is 10.9 Å². The van der Waals surface area contributed by atoms with E-state index in [2.05, 4.69) is 9.97 Å². The number of carboxylic acid groups (broad SMARTS) is 1. The number of carboxylic acids is 1. The van der Waals surface area contributed by atoms with Crippen LogP contribution in [0.4, 0.5) is 5.82 Å². The first kappa shape index (κ1) is 14.2. The molecule has 0 saturated carbocycles. The van der Waals surface area contributed by atoms with Gasteiger partial charge < -0.3 is 14.7 Å². The molecule has 0 unspecified atom stereocenters. The van der Waals surface area contributed by atoms with Crippen molar-refractivity contribution in [1.82, 2.24) is 9.97 Å². The van der Waals surface area contributed by atoms with Crippen LogP contribution in [-0.2, 0) is 4.74 Å². The molecule has 6 heteroatoms. The van der Waals surface area contributed by atoms with Gasteiger partial charge in [0.2, 0.25) is 5.82 Å². The van der Waals surface area contributed by atoms with Gasteiger partial charge in [-0.05, 0) is 19.1 Å². The maximum Gasteiger partial charge on any atom is 0.374 e. The minimum atomic E-state index is -1.13. The van der Waals surface area contributed by atoms with Crippen molar-refractivity contribution in [2.45, 2.75) is 6.92 Å². The number of fused-ring (bicyclic) bond motifs is 1. The topological polar surface area (TPSA) is 75.5 Å². The summed E-state index contributed by atoms with van der Waals surface area (Å²) in [7, 11) is 1.63. The number of rotatable bonds is 6. The lowest BCUT2D eigenvalue weighted by Crippen LogP contribution is -2.28. The molecular formula is C14H17N3O3. The highest BCUT2D eigenvalue weighted by Gasteiger charge is 2.16. The fourth-order valence-corrected chi connectivity index (χ4v) is 2.01. The number of ether oxygens (including phenoxy) is 1. The smallest absolute Gasteiger partial charge is 0.374 e. The minimum absolute atomic E-state index is 0.186. The van der Waals surface area contributed by atoms with E-state index in [9.17, 15) is 4.79 Å². The monoisotopic (exact) mass is 275 g/mol. The van der Waals surface area contributed by atoms with Crippen LogP contribution < -0.4 is 4.90 Å². The van der Waals surface area contributed by atoms with Crippen LogP contribution >= 0.6 is 0 Å². The van der Waals surface area contributed by atoms with Crippen LogP contribution in [0.5, 0.6) is 0 Å². The Hall–Kier alpha value is -2.21. The van der Waals surface area contributed by atoms with Crippen molar-refractivity contribution in [3.05, 3.63) is 30.1 Å². The third-order valence-electron chi connectivity index (χ3n) is 3.02. The number of benzene rings is 1. The van der Waals surface area contributed by atoms with Crippen molar-refractivity contribution in [3.8, 4) is 0 Å². The molecule has 1 N–H and O–H groups in total. The van der Waals surface area contributed by atoms with Gasteiger partial charge in [0.15, 0.2) is 0 Å². The lowest BCUT2D eigenvalue weighted by Gasteiger charge is -2.23. The highest BCUT2D eigenvalue weighted by atomic mass is 16.5.